The number of aromatic nitrogens is 5. The summed E-state index contributed by atoms with van der Waals surface area (Å²) in [5, 5.41) is 11.9. The third-order valence-corrected chi connectivity index (χ3v) is 6.31. The summed E-state index contributed by atoms with van der Waals surface area (Å²) >= 11 is 0. The summed E-state index contributed by atoms with van der Waals surface area (Å²) in [5.41, 5.74) is 5.49. The highest BCUT2D eigenvalue weighted by Crippen LogP contribution is 2.32. The van der Waals surface area contributed by atoms with Gasteiger partial charge in [0.1, 0.15) is 5.82 Å². The van der Waals surface area contributed by atoms with Gasteiger partial charge in [0.05, 0.1) is 11.4 Å². The van der Waals surface area contributed by atoms with Gasteiger partial charge in [-0.1, -0.05) is 13.0 Å². The van der Waals surface area contributed by atoms with Crippen molar-refractivity contribution >= 4 is 39.6 Å². The molecular formula is C27H27N7O2. The smallest absolute Gasteiger partial charge is 0.254 e. The number of anilines is 1. The maximum atomic E-state index is 13.1. The average molecular weight is 482 g/mol. The number of rotatable bonds is 7. The molecule has 9 nitrogen and oxygen atoms in total. The van der Waals surface area contributed by atoms with Crippen LogP contribution in [-0.2, 0) is 4.79 Å². The fourth-order valence-corrected chi connectivity index (χ4v) is 4.29. The van der Waals surface area contributed by atoms with E-state index >= 15 is 0 Å². The van der Waals surface area contributed by atoms with Crippen molar-refractivity contribution in [3.05, 3.63) is 60.4 Å². The maximum Gasteiger partial charge on any atom is 0.254 e. The molecule has 0 fully saturated rings. The Kier molecular flexibility index (Phi) is 6.20. The van der Waals surface area contributed by atoms with Crippen LogP contribution in [-0.4, -0.2) is 55.0 Å². The van der Waals surface area contributed by atoms with E-state index in [1.165, 1.54) is 0 Å². The Bertz CT molecular complexity index is 1560. The van der Waals surface area contributed by atoms with Crippen LogP contribution in [0.4, 0.5) is 5.82 Å². The number of benzene rings is 1. The molecule has 9 heteroatoms. The van der Waals surface area contributed by atoms with E-state index in [9.17, 15) is 9.59 Å². The average Bonchev–Trinajstić information content (AvgIpc) is 3.53. The number of H-pyrrole nitrogens is 2. The maximum absolute atomic E-state index is 13.1. The Labute approximate surface area is 208 Å². The molecule has 0 bridgehead atoms. The van der Waals surface area contributed by atoms with Crippen LogP contribution < -0.4 is 5.32 Å². The molecule has 1 aromatic carbocycles. The Morgan fingerprint density at radius 1 is 0.944 bits per heavy atom. The zero-order chi connectivity index (χ0) is 25.2. The molecule has 2 amide bonds. The lowest BCUT2D eigenvalue weighted by Gasteiger charge is -2.18. The molecule has 4 heterocycles. The zero-order valence-electron chi connectivity index (χ0n) is 20.4. The summed E-state index contributed by atoms with van der Waals surface area (Å²) in [4.78, 5) is 38.8. The Hall–Kier alpha value is -4.53. The molecule has 0 saturated carbocycles. The van der Waals surface area contributed by atoms with Crippen LogP contribution in [0.1, 0.15) is 37.6 Å². The second-order valence-corrected chi connectivity index (χ2v) is 8.45. The largest absolute Gasteiger partial charge is 0.353 e. The topological polar surface area (TPSA) is 120 Å². The SMILES string of the molecule is CCC(=O)Nc1ccc(-c2cnc3n[nH]c(-c4cc5c(C(=O)N(CC)CC)cccc5[nH]4)c3c2)cn1. The quantitative estimate of drug-likeness (QED) is 0.302. The second-order valence-electron chi connectivity index (χ2n) is 8.45. The van der Waals surface area contributed by atoms with Crippen molar-refractivity contribution in [3.8, 4) is 22.5 Å². The van der Waals surface area contributed by atoms with Crippen LogP contribution in [0, 0.1) is 0 Å². The third kappa shape index (κ3) is 4.19. The molecule has 4 aromatic heterocycles. The lowest BCUT2D eigenvalue weighted by Crippen LogP contribution is -2.30. The van der Waals surface area contributed by atoms with E-state index in [1.807, 2.05) is 55.1 Å². The van der Waals surface area contributed by atoms with Gasteiger partial charge in [0.2, 0.25) is 5.91 Å². The van der Waals surface area contributed by atoms with Crippen LogP contribution in [0.15, 0.2) is 54.9 Å². The first-order valence-corrected chi connectivity index (χ1v) is 12.0. The van der Waals surface area contributed by atoms with Gasteiger partial charge in [0.15, 0.2) is 5.65 Å². The minimum atomic E-state index is -0.0818. The summed E-state index contributed by atoms with van der Waals surface area (Å²) in [6, 6.07) is 13.4. The van der Waals surface area contributed by atoms with Gasteiger partial charge >= 0.3 is 0 Å². The molecule has 5 rings (SSSR count). The fraction of sp³-hybridized carbons (Fsp3) is 0.222. The first-order chi connectivity index (χ1) is 17.5. The minimum absolute atomic E-state index is 0.0145. The Morgan fingerprint density at radius 2 is 1.75 bits per heavy atom. The highest BCUT2D eigenvalue weighted by molar-refractivity contribution is 6.08. The van der Waals surface area contributed by atoms with E-state index in [2.05, 4.69) is 30.5 Å². The number of hydrogen-bond donors (Lipinski definition) is 3. The molecule has 36 heavy (non-hydrogen) atoms. The first-order valence-electron chi connectivity index (χ1n) is 12.0. The van der Waals surface area contributed by atoms with Crippen LogP contribution in [0.2, 0.25) is 0 Å². The summed E-state index contributed by atoms with van der Waals surface area (Å²) in [6.45, 7) is 7.07. The number of nitrogens with zero attached hydrogens (tertiary/aromatic N) is 4. The molecule has 0 radical (unpaired) electrons. The van der Waals surface area contributed by atoms with E-state index < -0.39 is 0 Å². The van der Waals surface area contributed by atoms with E-state index in [0.29, 0.717) is 36.5 Å². The lowest BCUT2D eigenvalue weighted by atomic mass is 10.1. The lowest BCUT2D eigenvalue weighted by molar-refractivity contribution is -0.115. The monoisotopic (exact) mass is 481 g/mol. The van der Waals surface area contributed by atoms with Gasteiger partial charge in [-0.05, 0) is 50.2 Å². The predicted molar refractivity (Wildman–Crippen MR) is 141 cm³/mol. The number of amides is 2. The molecule has 182 valence electrons. The molecule has 0 spiro atoms. The summed E-state index contributed by atoms with van der Waals surface area (Å²) < 4.78 is 0. The van der Waals surface area contributed by atoms with Crippen LogP contribution in [0.5, 0.6) is 0 Å². The highest BCUT2D eigenvalue weighted by Gasteiger charge is 2.19. The fourth-order valence-electron chi connectivity index (χ4n) is 4.29. The normalized spacial score (nSPS) is 11.2. The molecule has 0 atom stereocenters. The van der Waals surface area contributed by atoms with E-state index in [-0.39, 0.29) is 11.8 Å². The van der Waals surface area contributed by atoms with Crippen molar-refractivity contribution in [3.63, 3.8) is 0 Å². The van der Waals surface area contributed by atoms with Crippen LogP contribution in [0.3, 0.4) is 0 Å². The predicted octanol–water partition coefficient (Wildman–Crippen LogP) is 5.00. The van der Waals surface area contributed by atoms with Crippen molar-refractivity contribution in [1.29, 1.82) is 0 Å². The van der Waals surface area contributed by atoms with Crippen LogP contribution >= 0.6 is 0 Å². The molecule has 0 aliphatic rings. The standard InChI is InChI=1S/C27H27N7O2/c1-4-24(35)31-23-11-10-16(14-28-23)17-12-20-25(32-33-26(20)29-15-17)22-13-19-18(8-7-9-21(19)30-22)27(36)34(5-2)6-3/h7-15,30H,4-6H2,1-3H3,(H,28,31,35)(H,29,32,33). The van der Waals surface area contributed by atoms with Gasteiger partial charge in [0.25, 0.3) is 5.91 Å². The summed E-state index contributed by atoms with van der Waals surface area (Å²) in [5.74, 6) is 0.444. The number of carbonyl (C=O) groups is 2. The number of pyridine rings is 2. The number of fused-ring (bicyclic) bond motifs is 2. The summed E-state index contributed by atoms with van der Waals surface area (Å²) in [7, 11) is 0. The van der Waals surface area contributed by atoms with E-state index in [4.69, 9.17) is 0 Å². The number of nitrogens with one attached hydrogen (secondary N) is 3. The molecular weight excluding hydrogens is 454 g/mol. The molecule has 3 N–H and O–H groups in total. The molecule has 0 aliphatic carbocycles. The van der Waals surface area contributed by atoms with Gasteiger partial charge in [-0.15, -0.1) is 0 Å². The Morgan fingerprint density at radius 3 is 2.47 bits per heavy atom. The summed E-state index contributed by atoms with van der Waals surface area (Å²) in [6.07, 6.45) is 3.86. The van der Waals surface area contributed by atoms with Crippen molar-refractivity contribution in [2.75, 3.05) is 18.4 Å². The van der Waals surface area contributed by atoms with Crippen molar-refractivity contribution in [2.24, 2.45) is 0 Å². The Balaban J connectivity index is 1.52. The van der Waals surface area contributed by atoms with Gasteiger partial charge in [-0.25, -0.2) is 9.97 Å². The second kappa shape index (κ2) is 9.61. The van der Waals surface area contributed by atoms with Crippen molar-refractivity contribution < 1.29 is 9.59 Å². The van der Waals surface area contributed by atoms with Gasteiger partial charge in [-0.2, -0.15) is 5.10 Å². The number of carbonyl (C=O) groups excluding carboxylic acids is 2. The van der Waals surface area contributed by atoms with Gasteiger partial charge in [-0.3, -0.25) is 14.7 Å². The van der Waals surface area contributed by atoms with E-state index in [1.54, 1.807) is 25.4 Å². The highest BCUT2D eigenvalue weighted by atomic mass is 16.2. The number of hydrogen-bond acceptors (Lipinski definition) is 5. The number of aromatic amines is 2. The molecule has 0 aliphatic heterocycles. The molecule has 0 saturated heterocycles. The molecule has 5 aromatic rings. The zero-order valence-corrected chi connectivity index (χ0v) is 20.4. The first kappa shape index (κ1) is 23.2. The molecule has 0 unspecified atom stereocenters. The van der Waals surface area contributed by atoms with E-state index in [0.717, 1.165) is 38.8 Å². The third-order valence-electron chi connectivity index (χ3n) is 6.31. The van der Waals surface area contributed by atoms with Crippen LogP contribution in [0.25, 0.3) is 44.5 Å². The minimum Gasteiger partial charge on any atom is -0.353 e. The van der Waals surface area contributed by atoms with Gasteiger partial charge in [0, 0.05) is 64.9 Å². The van der Waals surface area contributed by atoms with Crippen molar-refractivity contribution in [1.82, 2.24) is 30.0 Å². The van der Waals surface area contributed by atoms with Gasteiger partial charge < -0.3 is 15.2 Å². The van der Waals surface area contributed by atoms with Crippen molar-refractivity contribution in [2.45, 2.75) is 27.2 Å².